The van der Waals surface area contributed by atoms with Gasteiger partial charge in [0.05, 0.1) is 18.1 Å². The predicted molar refractivity (Wildman–Crippen MR) is 96.1 cm³/mol. The Balaban J connectivity index is 1.57. The minimum atomic E-state index is -0.582. The molecule has 1 N–H and O–H groups in total. The molecule has 1 amide bonds. The minimum absolute atomic E-state index is 0.125. The van der Waals surface area contributed by atoms with Crippen LogP contribution in [0.25, 0.3) is 0 Å². The normalized spacial score (nSPS) is 29.1. The van der Waals surface area contributed by atoms with E-state index >= 15 is 0 Å². The number of nitrogens with one attached hydrogen (secondary N) is 1. The Bertz CT molecular complexity index is 680. The van der Waals surface area contributed by atoms with Crippen LogP contribution in [0.2, 0.25) is 0 Å². The highest BCUT2D eigenvalue weighted by Gasteiger charge is 2.40. The van der Waals surface area contributed by atoms with E-state index < -0.39 is 5.41 Å². The molecule has 1 saturated heterocycles. The van der Waals surface area contributed by atoms with E-state index in [0.29, 0.717) is 12.6 Å². The maximum absolute atomic E-state index is 13.6. The second-order valence-electron chi connectivity index (χ2n) is 7.28. The predicted octanol–water partition coefficient (Wildman–Crippen LogP) is 3.35. The highest BCUT2D eigenvalue weighted by Crippen LogP contribution is 2.41. The van der Waals surface area contributed by atoms with Crippen LogP contribution in [0.15, 0.2) is 24.3 Å². The number of alkyl carbamates (subject to hydrolysis) is 1. The molecule has 26 heavy (non-hydrogen) atoms. The molecule has 0 spiro atoms. The lowest BCUT2D eigenvalue weighted by atomic mass is 9.69. The van der Waals surface area contributed by atoms with Crippen molar-refractivity contribution >= 4 is 6.09 Å². The first-order valence-electron chi connectivity index (χ1n) is 9.41. The number of carbonyl (C=O) groups excluding carboxylic acids is 1. The highest BCUT2D eigenvalue weighted by atomic mass is 19.1. The van der Waals surface area contributed by atoms with Gasteiger partial charge in [-0.3, -0.25) is 4.90 Å². The number of nitrogens with zero attached hydrogens (tertiary/aromatic N) is 2. The summed E-state index contributed by atoms with van der Waals surface area (Å²) in [4.78, 5) is 14.0. The SMILES string of the molecule is CCOC(=O)N[C@H]1CCN(C2CCC(C#N)(c3cccc(F)c3)CC2)C1. The summed E-state index contributed by atoms with van der Waals surface area (Å²) in [7, 11) is 0. The van der Waals surface area contributed by atoms with Crippen LogP contribution in [0, 0.1) is 17.1 Å². The molecule has 1 heterocycles. The van der Waals surface area contributed by atoms with Crippen LogP contribution in [-0.2, 0) is 10.2 Å². The molecule has 0 bridgehead atoms. The lowest BCUT2D eigenvalue weighted by Crippen LogP contribution is -2.43. The zero-order valence-electron chi connectivity index (χ0n) is 15.2. The Labute approximate surface area is 154 Å². The summed E-state index contributed by atoms with van der Waals surface area (Å²) < 4.78 is 18.5. The Morgan fingerprint density at radius 2 is 2.19 bits per heavy atom. The monoisotopic (exact) mass is 359 g/mol. The molecule has 0 unspecified atom stereocenters. The Hall–Kier alpha value is -2.13. The number of hydrogen-bond acceptors (Lipinski definition) is 4. The molecular formula is C20H26FN3O2. The average Bonchev–Trinajstić information content (AvgIpc) is 3.10. The topological polar surface area (TPSA) is 65.4 Å². The van der Waals surface area contributed by atoms with Gasteiger partial charge < -0.3 is 10.1 Å². The molecule has 2 aliphatic rings. The van der Waals surface area contributed by atoms with Gasteiger partial charge >= 0.3 is 6.09 Å². The third-order valence-electron chi connectivity index (χ3n) is 5.73. The van der Waals surface area contributed by atoms with Crippen molar-refractivity contribution in [1.29, 1.82) is 5.26 Å². The number of amides is 1. The van der Waals surface area contributed by atoms with Gasteiger partial charge in [0, 0.05) is 25.2 Å². The number of carbonyl (C=O) groups is 1. The molecule has 1 aliphatic heterocycles. The van der Waals surface area contributed by atoms with Crippen LogP contribution in [0.4, 0.5) is 9.18 Å². The second-order valence-corrected chi connectivity index (χ2v) is 7.28. The van der Waals surface area contributed by atoms with E-state index in [2.05, 4.69) is 16.3 Å². The van der Waals surface area contributed by atoms with Crippen molar-refractivity contribution in [3.8, 4) is 6.07 Å². The van der Waals surface area contributed by atoms with Gasteiger partial charge in [0.2, 0.25) is 0 Å². The molecule has 140 valence electrons. The molecule has 6 heteroatoms. The standard InChI is InChI=1S/C20H26FN3O2/c1-2-26-19(25)23-17-8-11-24(13-17)18-6-9-20(14-22,10-7-18)15-4-3-5-16(21)12-15/h3-5,12,17-18H,2,6-11,13H2,1H3,(H,23,25)/t17-,18?,20?/m0/s1. The van der Waals surface area contributed by atoms with Gasteiger partial charge in [0.25, 0.3) is 0 Å². The first-order valence-corrected chi connectivity index (χ1v) is 9.41. The number of halogens is 1. The van der Waals surface area contributed by atoms with Crippen LogP contribution in [-0.4, -0.2) is 42.8 Å². The van der Waals surface area contributed by atoms with Crippen molar-refractivity contribution in [2.24, 2.45) is 0 Å². The van der Waals surface area contributed by atoms with Crippen molar-refractivity contribution in [2.75, 3.05) is 19.7 Å². The summed E-state index contributed by atoms with van der Waals surface area (Å²) >= 11 is 0. The largest absolute Gasteiger partial charge is 0.450 e. The lowest BCUT2D eigenvalue weighted by molar-refractivity contribution is 0.143. The number of likely N-dealkylation sites (tertiary alicyclic amines) is 1. The molecule has 1 atom stereocenters. The maximum Gasteiger partial charge on any atom is 0.407 e. The number of ether oxygens (including phenoxy) is 1. The Morgan fingerprint density at radius 3 is 2.85 bits per heavy atom. The van der Waals surface area contributed by atoms with Crippen molar-refractivity contribution < 1.29 is 13.9 Å². The van der Waals surface area contributed by atoms with Gasteiger partial charge in [-0.05, 0) is 56.7 Å². The van der Waals surface area contributed by atoms with Gasteiger partial charge in [-0.15, -0.1) is 0 Å². The third-order valence-corrected chi connectivity index (χ3v) is 5.73. The van der Waals surface area contributed by atoms with E-state index in [0.717, 1.165) is 50.8 Å². The van der Waals surface area contributed by atoms with E-state index in [4.69, 9.17) is 4.74 Å². The van der Waals surface area contributed by atoms with Gasteiger partial charge in [-0.2, -0.15) is 5.26 Å². The van der Waals surface area contributed by atoms with Gasteiger partial charge in [-0.1, -0.05) is 12.1 Å². The quantitative estimate of drug-likeness (QED) is 0.895. The molecule has 0 radical (unpaired) electrons. The molecular weight excluding hydrogens is 333 g/mol. The molecule has 2 fully saturated rings. The molecule has 1 saturated carbocycles. The summed E-state index contributed by atoms with van der Waals surface area (Å²) in [5.74, 6) is -0.285. The van der Waals surface area contributed by atoms with Gasteiger partial charge in [0.1, 0.15) is 5.82 Å². The zero-order chi connectivity index (χ0) is 18.6. The molecule has 3 rings (SSSR count). The van der Waals surface area contributed by atoms with Crippen LogP contribution in [0.3, 0.4) is 0 Å². The van der Waals surface area contributed by atoms with Gasteiger partial charge in [-0.25, -0.2) is 9.18 Å². The fraction of sp³-hybridized carbons (Fsp3) is 0.600. The van der Waals surface area contributed by atoms with Crippen molar-refractivity contribution in [2.45, 2.75) is 56.5 Å². The van der Waals surface area contributed by atoms with Crippen LogP contribution in [0.1, 0.15) is 44.6 Å². The van der Waals surface area contributed by atoms with E-state index in [1.165, 1.54) is 12.1 Å². The molecule has 1 aromatic carbocycles. The third kappa shape index (κ3) is 3.99. The summed E-state index contributed by atoms with van der Waals surface area (Å²) in [5, 5.41) is 12.7. The van der Waals surface area contributed by atoms with E-state index in [-0.39, 0.29) is 18.0 Å². The summed E-state index contributed by atoms with van der Waals surface area (Å²) in [6.07, 6.45) is 3.88. The van der Waals surface area contributed by atoms with Crippen molar-refractivity contribution in [1.82, 2.24) is 10.2 Å². The fourth-order valence-corrected chi connectivity index (χ4v) is 4.29. The number of rotatable bonds is 4. The van der Waals surface area contributed by atoms with E-state index in [1.807, 2.05) is 6.07 Å². The number of nitriles is 1. The lowest BCUT2D eigenvalue weighted by Gasteiger charge is -2.39. The van der Waals surface area contributed by atoms with Crippen molar-refractivity contribution in [3.05, 3.63) is 35.6 Å². The molecule has 5 nitrogen and oxygen atoms in total. The fourth-order valence-electron chi connectivity index (χ4n) is 4.29. The average molecular weight is 359 g/mol. The number of benzene rings is 1. The first kappa shape index (κ1) is 18.7. The molecule has 1 aromatic rings. The van der Waals surface area contributed by atoms with Gasteiger partial charge in [0.15, 0.2) is 0 Å². The highest BCUT2D eigenvalue weighted by molar-refractivity contribution is 5.67. The molecule has 0 aromatic heterocycles. The Kier molecular flexibility index (Phi) is 5.77. The first-order chi connectivity index (χ1) is 12.6. The van der Waals surface area contributed by atoms with E-state index in [9.17, 15) is 14.4 Å². The van der Waals surface area contributed by atoms with Crippen LogP contribution >= 0.6 is 0 Å². The smallest absolute Gasteiger partial charge is 0.407 e. The van der Waals surface area contributed by atoms with Crippen molar-refractivity contribution in [3.63, 3.8) is 0 Å². The minimum Gasteiger partial charge on any atom is -0.450 e. The van der Waals surface area contributed by atoms with Crippen LogP contribution < -0.4 is 5.32 Å². The maximum atomic E-state index is 13.6. The van der Waals surface area contributed by atoms with Crippen LogP contribution in [0.5, 0.6) is 0 Å². The number of hydrogen-bond donors (Lipinski definition) is 1. The zero-order valence-corrected chi connectivity index (χ0v) is 15.2. The van der Waals surface area contributed by atoms with E-state index in [1.54, 1.807) is 13.0 Å². The summed E-state index contributed by atoms with van der Waals surface area (Å²) in [5.41, 5.74) is 0.211. The summed E-state index contributed by atoms with van der Waals surface area (Å²) in [6, 6.07) is 9.46. The molecule has 1 aliphatic carbocycles. The summed E-state index contributed by atoms with van der Waals surface area (Å²) in [6.45, 7) is 3.94. The second kappa shape index (κ2) is 8.05. The Morgan fingerprint density at radius 1 is 1.42 bits per heavy atom.